The van der Waals surface area contributed by atoms with Crippen molar-refractivity contribution >= 4 is 50.2 Å². The van der Waals surface area contributed by atoms with Crippen LogP contribution in [0.15, 0.2) is 28.1 Å². The molecule has 0 aliphatic rings. The third-order valence-corrected chi connectivity index (χ3v) is 4.23. The van der Waals surface area contributed by atoms with Crippen LogP contribution in [0.1, 0.15) is 4.88 Å². The summed E-state index contributed by atoms with van der Waals surface area (Å²) in [7, 11) is 0. The molecule has 0 bridgehead atoms. The molecule has 2 rings (SSSR count). The van der Waals surface area contributed by atoms with Gasteiger partial charge in [0.05, 0.1) is 19.8 Å². The van der Waals surface area contributed by atoms with Crippen LogP contribution in [-0.4, -0.2) is 4.92 Å². The van der Waals surface area contributed by atoms with Crippen LogP contribution in [0.3, 0.4) is 0 Å². The molecule has 100 valence electrons. The van der Waals surface area contributed by atoms with E-state index >= 15 is 0 Å². The number of rotatable bonds is 4. The summed E-state index contributed by atoms with van der Waals surface area (Å²) >= 11 is 10.5. The number of anilines is 1. The Hall–Kier alpha value is -1.18. The van der Waals surface area contributed by atoms with E-state index in [9.17, 15) is 14.5 Å². The number of hydrogen-bond donors (Lipinski definition) is 1. The molecule has 0 saturated heterocycles. The zero-order chi connectivity index (χ0) is 14.0. The summed E-state index contributed by atoms with van der Waals surface area (Å²) in [6.45, 7) is 0.402. The van der Waals surface area contributed by atoms with E-state index in [2.05, 4.69) is 21.2 Å². The van der Waals surface area contributed by atoms with Crippen molar-refractivity contribution in [2.75, 3.05) is 5.32 Å². The van der Waals surface area contributed by atoms with Crippen LogP contribution < -0.4 is 5.32 Å². The number of nitrogens with one attached hydrogen (secondary N) is 1. The van der Waals surface area contributed by atoms with Gasteiger partial charge in [0.15, 0.2) is 0 Å². The van der Waals surface area contributed by atoms with E-state index in [1.807, 2.05) is 12.1 Å². The monoisotopic (exact) mass is 364 g/mol. The molecule has 0 aliphatic carbocycles. The molecule has 0 radical (unpaired) electrons. The smallest absolute Gasteiger partial charge is 0.295 e. The van der Waals surface area contributed by atoms with Crippen molar-refractivity contribution in [1.82, 2.24) is 0 Å². The minimum absolute atomic E-state index is 0.152. The highest BCUT2D eigenvalue weighted by Crippen LogP contribution is 2.31. The molecule has 4 nitrogen and oxygen atoms in total. The number of benzene rings is 1. The van der Waals surface area contributed by atoms with Gasteiger partial charge < -0.3 is 5.32 Å². The average Bonchev–Trinajstić information content (AvgIpc) is 2.76. The molecule has 0 amide bonds. The van der Waals surface area contributed by atoms with Crippen LogP contribution in [-0.2, 0) is 6.54 Å². The summed E-state index contributed by atoms with van der Waals surface area (Å²) in [5.41, 5.74) is -0.140. The zero-order valence-corrected chi connectivity index (χ0v) is 12.5. The van der Waals surface area contributed by atoms with Crippen LogP contribution in [0.5, 0.6) is 0 Å². The quantitative estimate of drug-likeness (QED) is 0.624. The SMILES string of the molecule is O=[N+]([O-])c1cc(F)c(Cl)cc1NCc1ccc(Br)s1. The van der Waals surface area contributed by atoms with Gasteiger partial charge in [-0.25, -0.2) is 4.39 Å². The lowest BCUT2D eigenvalue weighted by Gasteiger charge is -2.06. The molecule has 0 atom stereocenters. The number of hydrogen-bond acceptors (Lipinski definition) is 4. The van der Waals surface area contributed by atoms with Gasteiger partial charge in [0.1, 0.15) is 11.5 Å². The standard InChI is InChI=1S/C11H7BrClFN2O2S/c12-11-2-1-6(19-11)5-15-9-3-7(13)8(14)4-10(9)16(17)18/h1-4,15H,5H2. The fraction of sp³-hybridized carbons (Fsp3) is 0.0909. The lowest BCUT2D eigenvalue weighted by atomic mass is 10.2. The number of halogens is 3. The summed E-state index contributed by atoms with van der Waals surface area (Å²) in [6.07, 6.45) is 0. The first-order valence-electron chi connectivity index (χ1n) is 5.09. The van der Waals surface area contributed by atoms with E-state index in [1.165, 1.54) is 17.4 Å². The van der Waals surface area contributed by atoms with E-state index in [4.69, 9.17) is 11.6 Å². The number of thiophene rings is 1. The maximum absolute atomic E-state index is 13.2. The lowest BCUT2D eigenvalue weighted by Crippen LogP contribution is -2.02. The fourth-order valence-electron chi connectivity index (χ4n) is 1.46. The first-order valence-corrected chi connectivity index (χ1v) is 7.07. The van der Waals surface area contributed by atoms with Crippen LogP contribution in [0.4, 0.5) is 15.8 Å². The minimum atomic E-state index is -0.808. The Bertz CT molecular complexity index is 635. The van der Waals surface area contributed by atoms with E-state index in [0.29, 0.717) is 6.54 Å². The third-order valence-electron chi connectivity index (χ3n) is 2.32. The molecule has 0 spiro atoms. The second-order valence-corrected chi connectivity index (χ2v) is 6.55. The van der Waals surface area contributed by atoms with Crippen LogP contribution in [0.2, 0.25) is 5.02 Å². The van der Waals surface area contributed by atoms with Crippen molar-refractivity contribution in [2.24, 2.45) is 0 Å². The van der Waals surface area contributed by atoms with Crippen molar-refractivity contribution in [3.8, 4) is 0 Å². The molecule has 0 aliphatic heterocycles. The zero-order valence-electron chi connectivity index (χ0n) is 9.32. The molecule has 0 fully saturated rings. The molecular formula is C11H7BrClFN2O2S. The van der Waals surface area contributed by atoms with Crippen molar-refractivity contribution in [3.05, 3.63) is 53.9 Å². The van der Waals surface area contributed by atoms with Crippen molar-refractivity contribution in [3.63, 3.8) is 0 Å². The minimum Gasteiger partial charge on any atom is -0.375 e. The normalized spacial score (nSPS) is 10.5. The Kier molecular flexibility index (Phi) is 4.38. The van der Waals surface area contributed by atoms with Gasteiger partial charge in [-0.15, -0.1) is 11.3 Å². The molecule has 1 heterocycles. The van der Waals surface area contributed by atoms with Crippen LogP contribution in [0, 0.1) is 15.9 Å². The summed E-state index contributed by atoms with van der Waals surface area (Å²) in [5, 5.41) is 13.6. The van der Waals surface area contributed by atoms with Gasteiger partial charge in [0.2, 0.25) is 0 Å². The van der Waals surface area contributed by atoms with Gasteiger partial charge in [-0.05, 0) is 34.1 Å². The van der Waals surface area contributed by atoms with Gasteiger partial charge in [-0.3, -0.25) is 10.1 Å². The lowest BCUT2D eigenvalue weighted by molar-refractivity contribution is -0.384. The number of nitro groups is 1. The first-order chi connectivity index (χ1) is 8.97. The number of nitrogens with zero attached hydrogens (tertiary/aromatic N) is 1. The summed E-state index contributed by atoms with van der Waals surface area (Å²) in [6, 6.07) is 5.80. The fourth-order valence-corrected chi connectivity index (χ4v) is 3.04. The average molecular weight is 366 g/mol. The van der Waals surface area contributed by atoms with E-state index in [1.54, 1.807) is 0 Å². The van der Waals surface area contributed by atoms with Gasteiger partial charge in [-0.2, -0.15) is 0 Å². The Labute approximate surface area is 125 Å². The van der Waals surface area contributed by atoms with Gasteiger partial charge in [0.25, 0.3) is 5.69 Å². The third kappa shape index (κ3) is 3.43. The van der Waals surface area contributed by atoms with E-state index < -0.39 is 10.7 Å². The molecule has 19 heavy (non-hydrogen) atoms. The van der Waals surface area contributed by atoms with Gasteiger partial charge >= 0.3 is 0 Å². The number of nitro benzene ring substituents is 1. The molecule has 1 aromatic carbocycles. The molecule has 2 aromatic rings. The predicted molar refractivity (Wildman–Crippen MR) is 77.4 cm³/mol. The highest BCUT2D eigenvalue weighted by Gasteiger charge is 2.17. The highest BCUT2D eigenvalue weighted by atomic mass is 79.9. The summed E-state index contributed by atoms with van der Waals surface area (Å²) in [5.74, 6) is -0.808. The van der Waals surface area contributed by atoms with Gasteiger partial charge in [0, 0.05) is 11.4 Å². The van der Waals surface area contributed by atoms with E-state index in [-0.39, 0.29) is 16.4 Å². The second-order valence-electron chi connectivity index (χ2n) is 3.60. The Balaban J connectivity index is 2.23. The molecule has 8 heteroatoms. The highest BCUT2D eigenvalue weighted by molar-refractivity contribution is 9.11. The van der Waals surface area contributed by atoms with Crippen LogP contribution in [0.25, 0.3) is 0 Å². The van der Waals surface area contributed by atoms with Crippen molar-refractivity contribution in [2.45, 2.75) is 6.54 Å². The summed E-state index contributed by atoms with van der Waals surface area (Å²) < 4.78 is 14.2. The molecule has 1 aromatic heterocycles. The summed E-state index contributed by atoms with van der Waals surface area (Å²) in [4.78, 5) is 11.2. The molecular weight excluding hydrogens is 359 g/mol. The second kappa shape index (κ2) is 5.85. The van der Waals surface area contributed by atoms with Crippen LogP contribution >= 0.6 is 38.9 Å². The van der Waals surface area contributed by atoms with E-state index in [0.717, 1.165) is 14.7 Å². The first kappa shape index (κ1) is 14.2. The topological polar surface area (TPSA) is 55.2 Å². The maximum atomic E-state index is 13.2. The Morgan fingerprint density at radius 2 is 2.21 bits per heavy atom. The van der Waals surface area contributed by atoms with Crippen molar-refractivity contribution < 1.29 is 9.31 Å². The van der Waals surface area contributed by atoms with Crippen molar-refractivity contribution in [1.29, 1.82) is 0 Å². The van der Waals surface area contributed by atoms with Gasteiger partial charge in [-0.1, -0.05) is 11.6 Å². The molecule has 1 N–H and O–H groups in total. The predicted octanol–water partition coefficient (Wildman–Crippen LogP) is 4.82. The molecule has 0 unspecified atom stereocenters. The Morgan fingerprint density at radius 3 is 2.79 bits per heavy atom. The maximum Gasteiger partial charge on any atom is 0.295 e. The Morgan fingerprint density at radius 1 is 1.47 bits per heavy atom. The molecule has 0 saturated carbocycles. The largest absolute Gasteiger partial charge is 0.375 e.